The van der Waals surface area contributed by atoms with Crippen LogP contribution in [0.3, 0.4) is 0 Å². The first-order valence-electron chi connectivity index (χ1n) is 9.52. The average Bonchev–Trinajstić information content (AvgIpc) is 3.43. The molecule has 0 spiro atoms. The van der Waals surface area contributed by atoms with Gasteiger partial charge in [0.15, 0.2) is 18.2 Å². The fourth-order valence-electron chi connectivity index (χ4n) is 3.46. The van der Waals surface area contributed by atoms with Crippen LogP contribution in [0.5, 0.6) is 5.75 Å². The molecule has 3 aromatic rings. The topological polar surface area (TPSA) is 87.5 Å². The Bertz CT molecular complexity index is 1080. The molecule has 0 aliphatic carbocycles. The Kier molecular flexibility index (Phi) is 5.76. The normalized spacial score (nSPS) is 15.5. The number of hydrogen-bond acceptors (Lipinski definition) is 7. The van der Waals surface area contributed by atoms with Gasteiger partial charge in [-0.15, -0.1) is 11.3 Å². The lowest BCUT2D eigenvalue weighted by molar-refractivity contribution is -0.142. The van der Waals surface area contributed by atoms with Crippen LogP contribution < -0.4 is 4.74 Å². The average molecular weight is 424 g/mol. The standard InChI is InChI=1S/C22H20N2O5S/c1-28-22(27)13-29-15-6-4-14(5-7-15)20-12-23-21(30-20)11-19(26)17-8-9-18(25)16-3-2-10-24(16)17/h2-7,10,12,17H,8-9,11,13H2,1H3. The zero-order chi connectivity index (χ0) is 21.1. The Balaban J connectivity index is 1.41. The van der Waals surface area contributed by atoms with Gasteiger partial charge in [0.2, 0.25) is 0 Å². The fraction of sp³-hybridized carbons (Fsp3) is 0.273. The summed E-state index contributed by atoms with van der Waals surface area (Å²) in [5.41, 5.74) is 1.56. The molecule has 3 heterocycles. The number of rotatable bonds is 7. The highest BCUT2D eigenvalue weighted by molar-refractivity contribution is 7.15. The molecule has 1 aliphatic heterocycles. The second kappa shape index (κ2) is 8.62. The summed E-state index contributed by atoms with van der Waals surface area (Å²) in [5, 5.41) is 0.742. The number of ether oxygens (including phenoxy) is 2. The predicted octanol–water partition coefficient (Wildman–Crippen LogP) is 3.49. The molecule has 0 bridgehead atoms. The van der Waals surface area contributed by atoms with Crippen LogP contribution in [0, 0.1) is 0 Å². The number of aromatic nitrogens is 2. The van der Waals surface area contributed by atoms with Gasteiger partial charge >= 0.3 is 5.97 Å². The first-order valence-corrected chi connectivity index (χ1v) is 10.3. The molecule has 154 valence electrons. The van der Waals surface area contributed by atoms with Crippen molar-refractivity contribution in [2.45, 2.75) is 25.3 Å². The third-order valence-electron chi connectivity index (χ3n) is 5.02. The van der Waals surface area contributed by atoms with Crippen molar-refractivity contribution in [3.63, 3.8) is 0 Å². The van der Waals surface area contributed by atoms with Gasteiger partial charge in [0.25, 0.3) is 0 Å². The lowest BCUT2D eigenvalue weighted by Crippen LogP contribution is -2.28. The van der Waals surface area contributed by atoms with E-state index >= 15 is 0 Å². The summed E-state index contributed by atoms with van der Waals surface area (Å²) in [5.74, 6) is 0.274. The number of benzene rings is 1. The van der Waals surface area contributed by atoms with E-state index in [0.29, 0.717) is 24.3 Å². The van der Waals surface area contributed by atoms with E-state index in [0.717, 1.165) is 15.4 Å². The molecule has 7 nitrogen and oxygen atoms in total. The number of nitrogens with zero attached hydrogens (tertiary/aromatic N) is 2. The van der Waals surface area contributed by atoms with E-state index in [1.54, 1.807) is 41.2 Å². The van der Waals surface area contributed by atoms with Crippen molar-refractivity contribution in [2.75, 3.05) is 13.7 Å². The number of carbonyl (C=O) groups is 3. The molecule has 1 atom stereocenters. The molecule has 0 saturated heterocycles. The summed E-state index contributed by atoms with van der Waals surface area (Å²) in [6, 6.07) is 10.6. The van der Waals surface area contributed by atoms with Crippen LogP contribution in [0.2, 0.25) is 0 Å². The van der Waals surface area contributed by atoms with Gasteiger partial charge in [-0.05, 0) is 48.4 Å². The summed E-state index contributed by atoms with van der Waals surface area (Å²) in [6.45, 7) is -0.140. The zero-order valence-corrected chi connectivity index (χ0v) is 17.2. The summed E-state index contributed by atoms with van der Waals surface area (Å²) in [7, 11) is 1.31. The highest BCUT2D eigenvalue weighted by Crippen LogP contribution is 2.31. The first kappa shape index (κ1) is 20.0. The van der Waals surface area contributed by atoms with Crippen LogP contribution in [-0.2, 0) is 20.7 Å². The van der Waals surface area contributed by atoms with Crippen molar-refractivity contribution in [3.05, 3.63) is 59.5 Å². The highest BCUT2D eigenvalue weighted by atomic mass is 32.1. The minimum atomic E-state index is -0.440. The summed E-state index contributed by atoms with van der Waals surface area (Å²) < 4.78 is 11.7. The number of Topliss-reactive ketones (excluding diaryl/α,β-unsaturated/α-hetero) is 2. The van der Waals surface area contributed by atoms with Crippen molar-refractivity contribution in [1.82, 2.24) is 9.55 Å². The number of ketones is 2. The Morgan fingerprint density at radius 2 is 2.03 bits per heavy atom. The van der Waals surface area contributed by atoms with Gasteiger partial charge in [0.1, 0.15) is 10.8 Å². The smallest absolute Gasteiger partial charge is 0.343 e. The maximum atomic E-state index is 12.9. The van der Waals surface area contributed by atoms with E-state index in [9.17, 15) is 14.4 Å². The van der Waals surface area contributed by atoms with Crippen LogP contribution in [0.4, 0.5) is 0 Å². The summed E-state index contributed by atoms with van der Waals surface area (Å²) in [4.78, 5) is 41.3. The Labute approximate surface area is 177 Å². The van der Waals surface area contributed by atoms with Crippen LogP contribution in [0.25, 0.3) is 10.4 Å². The fourth-order valence-corrected chi connectivity index (χ4v) is 4.40. The molecule has 1 unspecified atom stereocenters. The lowest BCUT2D eigenvalue weighted by atomic mass is 9.97. The predicted molar refractivity (Wildman–Crippen MR) is 111 cm³/mol. The molecule has 30 heavy (non-hydrogen) atoms. The summed E-state index contributed by atoms with van der Waals surface area (Å²) >= 11 is 1.47. The van der Waals surface area contributed by atoms with Crippen LogP contribution in [0.15, 0.2) is 48.8 Å². The van der Waals surface area contributed by atoms with Gasteiger partial charge in [-0.25, -0.2) is 9.78 Å². The molecule has 1 aliphatic rings. The molecule has 2 aromatic heterocycles. The third kappa shape index (κ3) is 4.18. The van der Waals surface area contributed by atoms with Crippen molar-refractivity contribution in [2.24, 2.45) is 0 Å². The summed E-state index contributed by atoms with van der Waals surface area (Å²) in [6.07, 6.45) is 4.72. The van der Waals surface area contributed by atoms with Gasteiger partial charge in [0, 0.05) is 18.8 Å². The number of esters is 1. The van der Waals surface area contributed by atoms with Crippen molar-refractivity contribution < 1.29 is 23.9 Å². The van der Waals surface area contributed by atoms with Crippen LogP contribution >= 0.6 is 11.3 Å². The molecule has 1 aromatic carbocycles. The first-order chi connectivity index (χ1) is 14.5. The SMILES string of the molecule is COC(=O)COc1ccc(-c2cnc(CC(=O)C3CCC(=O)c4cccn43)s2)cc1. The molecule has 0 N–H and O–H groups in total. The van der Waals surface area contributed by atoms with E-state index in [-0.39, 0.29) is 30.6 Å². The van der Waals surface area contributed by atoms with Crippen LogP contribution in [0.1, 0.15) is 34.4 Å². The molecule has 4 rings (SSSR count). The lowest BCUT2D eigenvalue weighted by Gasteiger charge is -2.24. The maximum Gasteiger partial charge on any atom is 0.343 e. The minimum Gasteiger partial charge on any atom is -0.482 e. The van der Waals surface area contributed by atoms with Gasteiger partial charge < -0.3 is 14.0 Å². The van der Waals surface area contributed by atoms with Gasteiger partial charge in [-0.3, -0.25) is 9.59 Å². The highest BCUT2D eigenvalue weighted by Gasteiger charge is 2.29. The largest absolute Gasteiger partial charge is 0.482 e. The van der Waals surface area contributed by atoms with Gasteiger partial charge in [-0.1, -0.05) is 0 Å². The number of hydrogen-bond donors (Lipinski definition) is 0. The van der Waals surface area contributed by atoms with Crippen molar-refractivity contribution in [3.8, 4) is 16.2 Å². The third-order valence-corrected chi connectivity index (χ3v) is 6.07. The van der Waals surface area contributed by atoms with E-state index in [4.69, 9.17) is 4.74 Å². The van der Waals surface area contributed by atoms with Crippen molar-refractivity contribution >= 4 is 28.9 Å². The number of carbonyl (C=O) groups excluding carboxylic acids is 3. The molecule has 0 saturated carbocycles. The zero-order valence-electron chi connectivity index (χ0n) is 16.4. The van der Waals surface area contributed by atoms with E-state index < -0.39 is 5.97 Å². The van der Waals surface area contributed by atoms with E-state index in [1.807, 2.05) is 12.1 Å². The minimum absolute atomic E-state index is 0.0624. The molecule has 0 amide bonds. The molecule has 0 fully saturated rings. The second-order valence-corrected chi connectivity index (χ2v) is 8.04. The second-order valence-electron chi connectivity index (χ2n) is 6.93. The molecular formula is C22H20N2O5S. The monoisotopic (exact) mass is 424 g/mol. The Morgan fingerprint density at radius 3 is 2.80 bits per heavy atom. The Morgan fingerprint density at radius 1 is 1.23 bits per heavy atom. The van der Waals surface area contributed by atoms with Crippen molar-refractivity contribution in [1.29, 1.82) is 0 Å². The Hall–Kier alpha value is -3.26. The van der Waals surface area contributed by atoms with E-state index in [1.165, 1.54) is 18.4 Å². The van der Waals surface area contributed by atoms with Gasteiger partial charge in [-0.2, -0.15) is 0 Å². The maximum absolute atomic E-state index is 12.9. The molecular weight excluding hydrogens is 404 g/mol. The number of fused-ring (bicyclic) bond motifs is 1. The van der Waals surface area contributed by atoms with Gasteiger partial charge in [0.05, 0.1) is 30.1 Å². The molecule has 0 radical (unpaired) electrons. The van der Waals surface area contributed by atoms with Crippen LogP contribution in [-0.4, -0.2) is 40.8 Å². The quantitative estimate of drug-likeness (QED) is 0.540. The molecule has 8 heteroatoms. The number of methoxy groups -OCH3 is 1. The van der Waals surface area contributed by atoms with E-state index in [2.05, 4.69) is 9.72 Å². The number of thiazole rings is 1.